The lowest BCUT2D eigenvalue weighted by atomic mass is 9.61. The monoisotopic (exact) mass is 469 g/mol. The molecule has 0 aromatic heterocycles. The first-order chi connectivity index (χ1) is 15.3. The molecular weight excluding hydrogens is 442 g/mol. The van der Waals surface area contributed by atoms with Crippen molar-refractivity contribution >= 4 is 35.7 Å². The van der Waals surface area contributed by atoms with Crippen LogP contribution in [0.2, 0.25) is 0 Å². The van der Waals surface area contributed by atoms with Gasteiger partial charge in [0, 0.05) is 47.1 Å². The van der Waals surface area contributed by atoms with E-state index in [1.54, 1.807) is 6.92 Å². The van der Waals surface area contributed by atoms with E-state index in [-0.39, 0.29) is 12.4 Å². The second-order valence-corrected chi connectivity index (χ2v) is 8.43. The third kappa shape index (κ3) is 4.29. The topological polar surface area (TPSA) is 168 Å². The van der Waals surface area contributed by atoms with Gasteiger partial charge in [0.1, 0.15) is 5.54 Å². The van der Waals surface area contributed by atoms with Gasteiger partial charge in [0.25, 0.3) is 0 Å². The van der Waals surface area contributed by atoms with Gasteiger partial charge in [-0.15, -0.1) is 0 Å². The Bertz CT molecular complexity index is 902. The van der Waals surface area contributed by atoms with Gasteiger partial charge in [-0.25, -0.2) is 9.79 Å². The first-order valence-corrected chi connectivity index (χ1v) is 10.2. The van der Waals surface area contributed by atoms with Crippen LogP contribution in [0.5, 0.6) is 0 Å². The maximum atomic E-state index is 13.0. The summed E-state index contributed by atoms with van der Waals surface area (Å²) in [6, 6.07) is 0. The second-order valence-electron chi connectivity index (χ2n) is 8.43. The number of fused-ring (bicyclic) bond motifs is 1. The maximum absolute atomic E-state index is 13.0. The Hall–Kier alpha value is -3.06. The average molecular weight is 469 g/mol. The van der Waals surface area contributed by atoms with E-state index < -0.39 is 71.4 Å². The summed E-state index contributed by atoms with van der Waals surface area (Å²) in [4.78, 5) is 65.1. The minimum Gasteiger partial charge on any atom is -0.456 e. The van der Waals surface area contributed by atoms with Crippen LogP contribution in [-0.2, 0) is 47.7 Å². The molecule has 0 aromatic carbocycles. The number of methoxy groups -OCH3 is 1. The molecule has 3 fully saturated rings. The van der Waals surface area contributed by atoms with E-state index in [0.29, 0.717) is 0 Å². The summed E-state index contributed by atoms with van der Waals surface area (Å²) in [7, 11) is 1.35. The Morgan fingerprint density at radius 2 is 1.67 bits per heavy atom. The van der Waals surface area contributed by atoms with Gasteiger partial charge < -0.3 is 23.7 Å². The quantitative estimate of drug-likeness (QED) is 0.224. The Labute approximate surface area is 189 Å². The third-order valence-electron chi connectivity index (χ3n) is 5.82. The van der Waals surface area contributed by atoms with Crippen molar-refractivity contribution in [1.29, 1.82) is 0 Å². The minimum atomic E-state index is -1.66. The molecule has 33 heavy (non-hydrogen) atoms. The van der Waals surface area contributed by atoms with E-state index in [1.165, 1.54) is 27.9 Å². The number of hydrogen-bond acceptors (Lipinski definition) is 11. The van der Waals surface area contributed by atoms with Crippen LogP contribution in [0.25, 0.3) is 0 Å². The van der Waals surface area contributed by atoms with Gasteiger partial charge >= 0.3 is 17.9 Å². The number of esters is 3. The zero-order chi connectivity index (χ0) is 24.7. The average Bonchev–Trinajstić information content (AvgIpc) is 2.98. The van der Waals surface area contributed by atoms with E-state index in [4.69, 9.17) is 23.7 Å². The number of aliphatic imine (C=N–C) groups is 1. The molecule has 2 saturated heterocycles. The summed E-state index contributed by atoms with van der Waals surface area (Å²) in [6.07, 6.45) is -4.92. The molecule has 3 aliphatic rings. The first-order valence-electron chi connectivity index (χ1n) is 10.2. The molecule has 182 valence electrons. The van der Waals surface area contributed by atoms with Crippen molar-refractivity contribution in [2.24, 2.45) is 10.9 Å². The predicted octanol–water partition coefficient (Wildman–Crippen LogP) is -1.08. The van der Waals surface area contributed by atoms with Crippen molar-refractivity contribution in [1.82, 2.24) is 10.6 Å². The van der Waals surface area contributed by atoms with Crippen molar-refractivity contribution in [3.8, 4) is 0 Å². The first kappa shape index (κ1) is 24.6. The molecule has 2 aliphatic heterocycles. The number of amides is 2. The van der Waals surface area contributed by atoms with Crippen molar-refractivity contribution in [2.45, 2.75) is 76.8 Å². The van der Waals surface area contributed by atoms with Gasteiger partial charge in [0.2, 0.25) is 17.8 Å². The van der Waals surface area contributed by atoms with Crippen molar-refractivity contribution in [3.05, 3.63) is 0 Å². The van der Waals surface area contributed by atoms with Gasteiger partial charge in [-0.3, -0.25) is 29.8 Å². The highest BCUT2D eigenvalue weighted by Crippen LogP contribution is 2.57. The van der Waals surface area contributed by atoms with Gasteiger partial charge in [0.15, 0.2) is 30.2 Å². The number of carbonyl (C=O) groups is 5. The number of guanidine groups is 1. The SMILES string of the molecule is CO[C@@H]1O[C@@H]2C(=O)O[C@H]3[C@@H](OC(C)=O)[C@]2(N=C(NC(C)=O)NC(C)=O)[C@@H]1C[C@]3(C)OC(C)=O. The molecule has 2 bridgehead atoms. The van der Waals surface area contributed by atoms with E-state index in [0.717, 1.165) is 6.92 Å². The van der Waals surface area contributed by atoms with Crippen LogP contribution >= 0.6 is 0 Å². The molecule has 0 radical (unpaired) electrons. The van der Waals surface area contributed by atoms with Gasteiger partial charge in [-0.1, -0.05) is 0 Å². The smallest absolute Gasteiger partial charge is 0.338 e. The van der Waals surface area contributed by atoms with Gasteiger partial charge in [-0.05, 0) is 6.92 Å². The fourth-order valence-electron chi connectivity index (χ4n) is 4.91. The highest BCUT2D eigenvalue weighted by molar-refractivity contribution is 6.03. The Kier molecular flexibility index (Phi) is 6.48. The van der Waals surface area contributed by atoms with Crippen LogP contribution in [0, 0.1) is 5.92 Å². The summed E-state index contributed by atoms with van der Waals surface area (Å²) in [5.74, 6) is -4.37. The Morgan fingerprint density at radius 1 is 1.06 bits per heavy atom. The van der Waals surface area contributed by atoms with E-state index in [9.17, 15) is 24.0 Å². The highest BCUT2D eigenvalue weighted by Gasteiger charge is 2.77. The predicted molar refractivity (Wildman–Crippen MR) is 107 cm³/mol. The standard InChI is InChI=1S/C20H27N3O10/c1-8(24)21-18(22-9(2)25)23-20-12-7-19(5,33-11(4)27)13(14(20)30-10(3)26)31-16(28)15(20)32-17(12)29-6/h12-15,17H,7H2,1-6H3,(H2,21,22,23,24,25)/t12-,13+,14-,15-,17-,19+,20-/m1/s1. The van der Waals surface area contributed by atoms with Gasteiger partial charge in [0.05, 0.1) is 0 Å². The molecule has 0 unspecified atom stereocenters. The molecule has 0 aromatic rings. The lowest BCUT2D eigenvalue weighted by molar-refractivity contribution is -0.248. The molecule has 2 heterocycles. The van der Waals surface area contributed by atoms with Gasteiger partial charge in [-0.2, -0.15) is 0 Å². The number of hydrogen-bond donors (Lipinski definition) is 2. The fraction of sp³-hybridized carbons (Fsp3) is 0.700. The molecule has 1 saturated carbocycles. The Balaban J connectivity index is 2.27. The summed E-state index contributed by atoms with van der Waals surface area (Å²) >= 11 is 0. The molecule has 3 rings (SSSR count). The summed E-state index contributed by atoms with van der Waals surface area (Å²) in [5, 5.41) is 4.81. The van der Waals surface area contributed by atoms with E-state index in [1.807, 2.05) is 0 Å². The number of nitrogens with zero attached hydrogens (tertiary/aromatic N) is 1. The molecule has 1 aliphatic carbocycles. The van der Waals surface area contributed by atoms with Crippen LogP contribution in [0.4, 0.5) is 0 Å². The van der Waals surface area contributed by atoms with Crippen LogP contribution in [-0.4, -0.2) is 78.5 Å². The molecule has 7 atom stereocenters. The van der Waals surface area contributed by atoms with E-state index in [2.05, 4.69) is 15.6 Å². The van der Waals surface area contributed by atoms with Crippen molar-refractivity contribution < 1.29 is 47.7 Å². The van der Waals surface area contributed by atoms with Crippen LogP contribution in [0.3, 0.4) is 0 Å². The third-order valence-corrected chi connectivity index (χ3v) is 5.82. The largest absolute Gasteiger partial charge is 0.456 e. The maximum Gasteiger partial charge on any atom is 0.338 e. The zero-order valence-corrected chi connectivity index (χ0v) is 19.1. The van der Waals surface area contributed by atoms with Crippen LogP contribution in [0.1, 0.15) is 41.0 Å². The Morgan fingerprint density at radius 3 is 2.15 bits per heavy atom. The number of carbonyl (C=O) groups excluding carboxylic acids is 5. The lowest BCUT2D eigenvalue weighted by Gasteiger charge is -2.55. The van der Waals surface area contributed by atoms with Crippen LogP contribution < -0.4 is 10.6 Å². The second kappa shape index (κ2) is 8.71. The zero-order valence-electron chi connectivity index (χ0n) is 19.1. The fourth-order valence-corrected chi connectivity index (χ4v) is 4.91. The number of ether oxygens (including phenoxy) is 5. The molecule has 2 N–H and O–H groups in total. The molecule has 13 heteroatoms. The molecule has 0 spiro atoms. The van der Waals surface area contributed by atoms with Crippen LogP contribution in [0.15, 0.2) is 4.99 Å². The summed E-state index contributed by atoms with van der Waals surface area (Å²) in [6.45, 7) is 6.32. The highest BCUT2D eigenvalue weighted by atomic mass is 16.7. The summed E-state index contributed by atoms with van der Waals surface area (Å²) < 4.78 is 28.0. The van der Waals surface area contributed by atoms with Crippen molar-refractivity contribution in [2.75, 3.05) is 7.11 Å². The lowest BCUT2D eigenvalue weighted by Crippen LogP contribution is -2.75. The molecular formula is C20H27N3O10. The van der Waals surface area contributed by atoms with Crippen molar-refractivity contribution in [3.63, 3.8) is 0 Å². The number of nitrogens with one attached hydrogen (secondary N) is 2. The van der Waals surface area contributed by atoms with E-state index >= 15 is 0 Å². The molecule has 2 amide bonds. The normalized spacial score (nSPS) is 36.2. The molecule has 13 nitrogen and oxygen atoms in total. The minimum absolute atomic E-state index is 0.0498. The summed E-state index contributed by atoms with van der Waals surface area (Å²) in [5.41, 5.74) is -3.07. The number of rotatable bonds is 4.